The highest BCUT2D eigenvalue weighted by Gasteiger charge is 2.23. The van der Waals surface area contributed by atoms with Crippen molar-refractivity contribution in [1.29, 1.82) is 0 Å². The van der Waals surface area contributed by atoms with Crippen LogP contribution in [0.5, 0.6) is 0 Å². The normalized spacial score (nSPS) is 17.7. The van der Waals surface area contributed by atoms with E-state index in [1.165, 1.54) is 25.2 Å². The van der Waals surface area contributed by atoms with Gasteiger partial charge in [0.05, 0.1) is 18.1 Å². The number of hydrogen-bond donors (Lipinski definition) is 0. The first-order valence-electron chi connectivity index (χ1n) is 11.1. The maximum absolute atomic E-state index is 14.6. The van der Waals surface area contributed by atoms with E-state index in [0.29, 0.717) is 6.10 Å². The van der Waals surface area contributed by atoms with Crippen LogP contribution >= 0.6 is 0 Å². The average molecular weight is 410 g/mol. The number of hydrogen-bond acceptors (Lipinski definition) is 5. The van der Waals surface area contributed by atoms with Gasteiger partial charge < -0.3 is 14.1 Å². The molecule has 0 unspecified atom stereocenters. The van der Waals surface area contributed by atoms with Gasteiger partial charge in [-0.25, -0.2) is 9.37 Å². The molecule has 0 amide bonds. The second-order valence-corrected chi connectivity index (χ2v) is 8.67. The molecule has 30 heavy (non-hydrogen) atoms. The van der Waals surface area contributed by atoms with Crippen LogP contribution in [0.25, 0.3) is 22.2 Å². The molecule has 0 atom stereocenters. The highest BCUT2D eigenvalue weighted by molar-refractivity contribution is 5.85. The van der Waals surface area contributed by atoms with Crippen LogP contribution < -0.4 is 4.90 Å². The summed E-state index contributed by atoms with van der Waals surface area (Å²) in [6.45, 7) is 4.97. The summed E-state index contributed by atoms with van der Waals surface area (Å²) in [5, 5.41) is 0.742. The van der Waals surface area contributed by atoms with Crippen molar-refractivity contribution >= 4 is 16.8 Å². The molecule has 0 radical (unpaired) electrons. The van der Waals surface area contributed by atoms with Crippen molar-refractivity contribution in [3.05, 3.63) is 42.2 Å². The number of nitrogens with zero attached hydrogens (tertiary/aromatic N) is 3. The minimum Gasteiger partial charge on any atom is -0.461 e. The minimum atomic E-state index is -0.367. The number of ether oxygens (including phenoxy) is 1. The Morgan fingerprint density at radius 3 is 2.83 bits per heavy atom. The summed E-state index contributed by atoms with van der Waals surface area (Å²) in [6, 6.07) is 5.23. The Hall–Kier alpha value is -2.47. The zero-order valence-electron chi connectivity index (χ0n) is 17.4. The summed E-state index contributed by atoms with van der Waals surface area (Å²) < 4.78 is 25.6. The molecule has 1 aliphatic heterocycles. The van der Waals surface area contributed by atoms with Gasteiger partial charge in [0, 0.05) is 36.8 Å². The number of aryl methyl sites for hydroxylation is 1. The Balaban J connectivity index is 1.44. The SMILES string of the molecule is CC1CCN(c2nc(CCCOC3CC3)cnc2-c2cc(F)c3occc3c2)CC1. The van der Waals surface area contributed by atoms with E-state index in [1.54, 1.807) is 6.07 Å². The standard InChI is InChI=1S/C24H28FN3O2/c1-16-6-9-28(10-7-16)24-22(18-13-17-8-12-30-23(17)21(25)14-18)26-15-19(27-24)3-2-11-29-20-4-5-20/h8,12-16,20H,2-7,9-11H2,1H3. The molecule has 6 heteroatoms. The van der Waals surface area contributed by atoms with Gasteiger partial charge in [-0.15, -0.1) is 0 Å². The number of furan rings is 1. The molecule has 0 N–H and O–H groups in total. The van der Waals surface area contributed by atoms with Crippen LogP contribution in [-0.2, 0) is 11.2 Å². The lowest BCUT2D eigenvalue weighted by Gasteiger charge is -2.32. The van der Waals surface area contributed by atoms with E-state index in [4.69, 9.17) is 19.1 Å². The molecular formula is C24H28FN3O2. The van der Waals surface area contributed by atoms with Crippen LogP contribution in [0.2, 0.25) is 0 Å². The van der Waals surface area contributed by atoms with Crippen molar-refractivity contribution in [2.24, 2.45) is 5.92 Å². The molecule has 1 aromatic carbocycles. The van der Waals surface area contributed by atoms with Crippen molar-refractivity contribution in [3.63, 3.8) is 0 Å². The van der Waals surface area contributed by atoms with Crippen LogP contribution in [0.4, 0.5) is 10.2 Å². The van der Waals surface area contributed by atoms with Gasteiger partial charge in [-0.2, -0.15) is 0 Å². The maximum atomic E-state index is 14.6. The summed E-state index contributed by atoms with van der Waals surface area (Å²) in [5.41, 5.74) is 2.74. The number of anilines is 1. The molecule has 3 aromatic rings. The highest BCUT2D eigenvalue weighted by atomic mass is 19.1. The zero-order valence-corrected chi connectivity index (χ0v) is 17.4. The Morgan fingerprint density at radius 2 is 2.03 bits per heavy atom. The molecule has 1 aliphatic carbocycles. The molecular weight excluding hydrogens is 381 g/mol. The summed E-state index contributed by atoms with van der Waals surface area (Å²) in [7, 11) is 0. The van der Waals surface area contributed by atoms with Gasteiger partial charge in [0.2, 0.25) is 0 Å². The third-order valence-electron chi connectivity index (χ3n) is 6.12. The number of halogens is 1. The van der Waals surface area contributed by atoms with Crippen LogP contribution in [-0.4, -0.2) is 35.8 Å². The number of piperidine rings is 1. The van der Waals surface area contributed by atoms with E-state index in [-0.39, 0.29) is 11.4 Å². The molecule has 0 spiro atoms. The van der Waals surface area contributed by atoms with Crippen molar-refractivity contribution in [2.75, 3.05) is 24.6 Å². The minimum absolute atomic E-state index is 0.285. The molecule has 5 rings (SSSR count). The quantitative estimate of drug-likeness (QED) is 0.491. The van der Waals surface area contributed by atoms with E-state index in [1.807, 2.05) is 12.3 Å². The molecule has 1 saturated carbocycles. The van der Waals surface area contributed by atoms with Crippen LogP contribution in [0.3, 0.4) is 0 Å². The van der Waals surface area contributed by atoms with Gasteiger partial charge >= 0.3 is 0 Å². The van der Waals surface area contributed by atoms with E-state index in [2.05, 4.69) is 11.8 Å². The Bertz CT molecular complexity index is 1020. The van der Waals surface area contributed by atoms with Gasteiger partial charge in [0.15, 0.2) is 17.2 Å². The smallest absolute Gasteiger partial charge is 0.169 e. The first-order chi connectivity index (χ1) is 14.7. The molecule has 2 aliphatic rings. The number of fused-ring (bicyclic) bond motifs is 1. The van der Waals surface area contributed by atoms with E-state index < -0.39 is 0 Å². The highest BCUT2D eigenvalue weighted by Crippen LogP contribution is 2.33. The second kappa shape index (κ2) is 8.34. The van der Waals surface area contributed by atoms with Crippen LogP contribution in [0.1, 0.15) is 44.7 Å². The maximum Gasteiger partial charge on any atom is 0.169 e. The fraction of sp³-hybridized carbons (Fsp3) is 0.500. The lowest BCUT2D eigenvalue weighted by Crippen LogP contribution is -2.34. The number of rotatable bonds is 7. The van der Waals surface area contributed by atoms with Crippen molar-refractivity contribution in [3.8, 4) is 11.3 Å². The first kappa shape index (κ1) is 19.5. The Morgan fingerprint density at radius 1 is 1.20 bits per heavy atom. The van der Waals surface area contributed by atoms with E-state index in [9.17, 15) is 4.39 Å². The van der Waals surface area contributed by atoms with Gasteiger partial charge in [-0.1, -0.05) is 6.92 Å². The van der Waals surface area contributed by atoms with Crippen molar-refractivity contribution in [1.82, 2.24) is 9.97 Å². The topological polar surface area (TPSA) is 51.4 Å². The van der Waals surface area contributed by atoms with Gasteiger partial charge in [0.1, 0.15) is 5.69 Å². The summed E-state index contributed by atoms with van der Waals surface area (Å²) in [4.78, 5) is 12.1. The molecule has 5 nitrogen and oxygen atoms in total. The van der Waals surface area contributed by atoms with Gasteiger partial charge in [-0.05, 0) is 62.6 Å². The summed E-state index contributed by atoms with van der Waals surface area (Å²) in [5.74, 6) is 1.22. The Labute approximate surface area is 176 Å². The third-order valence-corrected chi connectivity index (χ3v) is 6.12. The molecule has 1 saturated heterocycles. The third kappa shape index (κ3) is 4.19. The lowest BCUT2D eigenvalue weighted by molar-refractivity contribution is 0.117. The summed E-state index contributed by atoms with van der Waals surface area (Å²) in [6.07, 6.45) is 10.3. The zero-order chi connectivity index (χ0) is 20.5. The second-order valence-electron chi connectivity index (χ2n) is 8.67. The largest absolute Gasteiger partial charge is 0.461 e. The number of aromatic nitrogens is 2. The summed E-state index contributed by atoms with van der Waals surface area (Å²) >= 11 is 0. The Kier molecular flexibility index (Phi) is 5.42. The van der Waals surface area contributed by atoms with Crippen LogP contribution in [0, 0.1) is 11.7 Å². The monoisotopic (exact) mass is 409 g/mol. The molecule has 2 fully saturated rings. The molecule has 3 heterocycles. The van der Waals surface area contributed by atoms with Crippen molar-refractivity contribution in [2.45, 2.75) is 51.6 Å². The average Bonchev–Trinajstić information content (AvgIpc) is 3.46. The number of benzene rings is 1. The van der Waals surface area contributed by atoms with Gasteiger partial charge in [0.25, 0.3) is 0 Å². The van der Waals surface area contributed by atoms with E-state index >= 15 is 0 Å². The van der Waals surface area contributed by atoms with E-state index in [0.717, 1.165) is 79.5 Å². The first-order valence-corrected chi connectivity index (χ1v) is 11.1. The van der Waals surface area contributed by atoms with Gasteiger partial charge in [-0.3, -0.25) is 4.98 Å². The lowest BCUT2D eigenvalue weighted by atomic mass is 9.98. The predicted molar refractivity (Wildman–Crippen MR) is 115 cm³/mol. The fourth-order valence-electron chi connectivity index (χ4n) is 4.09. The molecule has 0 bridgehead atoms. The predicted octanol–water partition coefficient (Wildman–Crippen LogP) is 5.38. The van der Waals surface area contributed by atoms with Crippen molar-refractivity contribution < 1.29 is 13.5 Å². The fourth-order valence-corrected chi connectivity index (χ4v) is 4.09. The molecule has 2 aromatic heterocycles. The van der Waals surface area contributed by atoms with Crippen LogP contribution in [0.15, 0.2) is 35.1 Å². The molecule has 158 valence electrons.